The van der Waals surface area contributed by atoms with Gasteiger partial charge in [-0.3, -0.25) is 5.01 Å². The van der Waals surface area contributed by atoms with Gasteiger partial charge in [0, 0.05) is 11.6 Å². The predicted molar refractivity (Wildman–Crippen MR) is 76.1 cm³/mol. The van der Waals surface area contributed by atoms with Gasteiger partial charge < -0.3 is 18.9 Å². The molecule has 0 amide bonds. The second-order valence-corrected chi connectivity index (χ2v) is 4.26. The predicted octanol–water partition coefficient (Wildman–Crippen LogP) is 1.38. The van der Waals surface area contributed by atoms with E-state index in [1.165, 1.54) is 0 Å². The Morgan fingerprint density at radius 2 is 1.60 bits per heavy atom. The highest BCUT2D eigenvalue weighted by Gasteiger charge is 2.11. The third-order valence-corrected chi connectivity index (χ3v) is 3.08. The van der Waals surface area contributed by atoms with E-state index in [-0.39, 0.29) is 0 Å². The maximum atomic E-state index is 5.36. The number of rotatable bonds is 5. The molecule has 1 aliphatic rings. The zero-order chi connectivity index (χ0) is 14.4. The molecule has 1 heterocycles. The molecule has 0 saturated carbocycles. The van der Waals surface area contributed by atoms with Crippen LogP contribution in [-0.2, 0) is 4.74 Å². The van der Waals surface area contributed by atoms with E-state index in [9.17, 15) is 0 Å². The summed E-state index contributed by atoms with van der Waals surface area (Å²) in [6.45, 7) is 3.01. The van der Waals surface area contributed by atoms with Crippen LogP contribution in [0, 0.1) is 0 Å². The third kappa shape index (κ3) is 3.33. The largest absolute Gasteiger partial charge is 0.496 e. The van der Waals surface area contributed by atoms with Gasteiger partial charge in [-0.2, -0.15) is 5.10 Å². The molecule has 0 bridgehead atoms. The Morgan fingerprint density at radius 3 is 2.20 bits per heavy atom. The molecule has 110 valence electrons. The van der Waals surface area contributed by atoms with E-state index in [2.05, 4.69) is 5.10 Å². The maximum Gasteiger partial charge on any atom is 0.164 e. The van der Waals surface area contributed by atoms with Crippen molar-refractivity contribution in [3.8, 4) is 17.2 Å². The number of hydrazone groups is 1. The summed E-state index contributed by atoms with van der Waals surface area (Å²) < 4.78 is 21.2. The van der Waals surface area contributed by atoms with Crippen LogP contribution in [0.5, 0.6) is 17.2 Å². The van der Waals surface area contributed by atoms with E-state index in [1.807, 2.05) is 11.1 Å². The Morgan fingerprint density at radius 1 is 1.00 bits per heavy atom. The minimum Gasteiger partial charge on any atom is -0.496 e. The van der Waals surface area contributed by atoms with Crippen molar-refractivity contribution >= 4 is 6.21 Å². The minimum absolute atomic E-state index is 0.632. The van der Waals surface area contributed by atoms with Crippen LogP contribution in [0.2, 0.25) is 0 Å². The lowest BCUT2D eigenvalue weighted by atomic mass is 10.2. The molecule has 0 radical (unpaired) electrons. The molecule has 0 atom stereocenters. The normalized spacial score (nSPS) is 15.4. The van der Waals surface area contributed by atoms with Crippen molar-refractivity contribution in [3.63, 3.8) is 0 Å². The highest BCUT2D eigenvalue weighted by Crippen LogP contribution is 2.33. The van der Waals surface area contributed by atoms with Crippen LogP contribution in [0.15, 0.2) is 17.2 Å². The van der Waals surface area contributed by atoms with Crippen molar-refractivity contribution in [1.29, 1.82) is 0 Å². The monoisotopic (exact) mass is 280 g/mol. The van der Waals surface area contributed by atoms with Crippen molar-refractivity contribution in [3.05, 3.63) is 17.7 Å². The Balaban J connectivity index is 2.22. The van der Waals surface area contributed by atoms with Gasteiger partial charge in [0.15, 0.2) is 11.5 Å². The lowest BCUT2D eigenvalue weighted by Gasteiger charge is -2.23. The molecule has 6 heteroatoms. The van der Waals surface area contributed by atoms with Crippen LogP contribution in [0.3, 0.4) is 0 Å². The van der Waals surface area contributed by atoms with Crippen molar-refractivity contribution in [2.24, 2.45) is 5.10 Å². The van der Waals surface area contributed by atoms with Crippen LogP contribution >= 0.6 is 0 Å². The lowest BCUT2D eigenvalue weighted by Crippen LogP contribution is -2.32. The summed E-state index contributed by atoms with van der Waals surface area (Å²) in [7, 11) is 4.82. The topological polar surface area (TPSA) is 52.5 Å². The molecule has 0 unspecified atom stereocenters. The van der Waals surface area contributed by atoms with Gasteiger partial charge in [0.25, 0.3) is 0 Å². The van der Waals surface area contributed by atoms with Gasteiger partial charge in [0.05, 0.1) is 53.8 Å². The average Bonchev–Trinajstić information content (AvgIpc) is 2.52. The molecule has 0 aromatic heterocycles. The van der Waals surface area contributed by atoms with Gasteiger partial charge in [0.2, 0.25) is 0 Å². The smallest absolute Gasteiger partial charge is 0.164 e. The van der Waals surface area contributed by atoms with E-state index in [0.717, 1.165) is 18.7 Å². The molecule has 0 N–H and O–H groups in total. The number of benzene rings is 1. The number of ether oxygens (including phenoxy) is 4. The fourth-order valence-corrected chi connectivity index (χ4v) is 1.97. The Hall–Kier alpha value is -1.95. The number of hydrogen-bond donors (Lipinski definition) is 0. The molecule has 6 nitrogen and oxygen atoms in total. The summed E-state index contributed by atoms with van der Waals surface area (Å²) in [5.41, 5.74) is 0.844. The van der Waals surface area contributed by atoms with Gasteiger partial charge in [-0.15, -0.1) is 0 Å². The standard InChI is InChI=1S/C14H20N2O4/c1-17-12-9-14(19-3)13(18-2)8-11(12)10-15-16-4-6-20-7-5-16/h8-10H,4-7H2,1-3H3/b15-10+. The first kappa shape index (κ1) is 14.5. The SMILES string of the molecule is COc1cc(OC)c(OC)cc1/C=N/N1CCOCC1. The number of nitrogens with zero attached hydrogens (tertiary/aromatic N) is 2. The Kier molecular flexibility index (Phi) is 5.06. The quantitative estimate of drug-likeness (QED) is 0.763. The number of morpholine rings is 1. The van der Waals surface area contributed by atoms with Gasteiger partial charge in [0.1, 0.15) is 5.75 Å². The zero-order valence-corrected chi connectivity index (χ0v) is 12.1. The summed E-state index contributed by atoms with van der Waals surface area (Å²) in [6, 6.07) is 3.64. The van der Waals surface area contributed by atoms with Crippen molar-refractivity contribution < 1.29 is 18.9 Å². The maximum absolute atomic E-state index is 5.36. The second-order valence-electron chi connectivity index (χ2n) is 4.26. The molecule has 1 fully saturated rings. The number of hydrogen-bond acceptors (Lipinski definition) is 6. The van der Waals surface area contributed by atoms with Gasteiger partial charge in [-0.05, 0) is 6.07 Å². The second kappa shape index (κ2) is 7.00. The molecular formula is C14H20N2O4. The summed E-state index contributed by atoms with van der Waals surface area (Å²) in [5, 5.41) is 6.42. The van der Waals surface area contributed by atoms with Crippen LogP contribution in [-0.4, -0.2) is 58.9 Å². The highest BCUT2D eigenvalue weighted by molar-refractivity contribution is 5.85. The zero-order valence-electron chi connectivity index (χ0n) is 12.1. The summed E-state index contributed by atoms with van der Waals surface area (Å²) in [5.74, 6) is 1.98. The molecule has 1 aliphatic heterocycles. The third-order valence-electron chi connectivity index (χ3n) is 3.08. The molecule has 1 aromatic rings. The van der Waals surface area contributed by atoms with E-state index < -0.39 is 0 Å². The first-order valence-corrected chi connectivity index (χ1v) is 6.45. The van der Waals surface area contributed by atoms with E-state index >= 15 is 0 Å². The van der Waals surface area contributed by atoms with Gasteiger partial charge >= 0.3 is 0 Å². The van der Waals surface area contributed by atoms with E-state index in [1.54, 1.807) is 33.6 Å². The van der Waals surface area contributed by atoms with Crippen LogP contribution < -0.4 is 14.2 Å². The summed E-state index contributed by atoms with van der Waals surface area (Å²) in [6.07, 6.45) is 1.77. The minimum atomic E-state index is 0.632. The molecule has 1 aromatic carbocycles. The Labute approximate surface area is 118 Å². The lowest BCUT2D eigenvalue weighted by molar-refractivity contribution is 0.0397. The first-order valence-electron chi connectivity index (χ1n) is 6.45. The van der Waals surface area contributed by atoms with Gasteiger partial charge in [-0.25, -0.2) is 0 Å². The van der Waals surface area contributed by atoms with Crippen molar-refractivity contribution in [1.82, 2.24) is 5.01 Å². The Bertz CT molecular complexity index is 470. The molecule has 1 saturated heterocycles. The fourth-order valence-electron chi connectivity index (χ4n) is 1.97. The van der Waals surface area contributed by atoms with Crippen LogP contribution in [0.25, 0.3) is 0 Å². The molecule has 0 spiro atoms. The van der Waals surface area contributed by atoms with Crippen molar-refractivity contribution in [2.45, 2.75) is 0 Å². The van der Waals surface area contributed by atoms with E-state index in [0.29, 0.717) is 30.5 Å². The fraction of sp³-hybridized carbons (Fsp3) is 0.500. The average molecular weight is 280 g/mol. The van der Waals surface area contributed by atoms with E-state index in [4.69, 9.17) is 18.9 Å². The molecular weight excluding hydrogens is 260 g/mol. The van der Waals surface area contributed by atoms with Gasteiger partial charge in [-0.1, -0.05) is 0 Å². The van der Waals surface area contributed by atoms with Crippen LogP contribution in [0.1, 0.15) is 5.56 Å². The van der Waals surface area contributed by atoms with Crippen molar-refractivity contribution in [2.75, 3.05) is 47.6 Å². The summed E-state index contributed by atoms with van der Waals surface area (Å²) in [4.78, 5) is 0. The number of methoxy groups -OCH3 is 3. The molecule has 0 aliphatic carbocycles. The molecule has 2 rings (SSSR count). The molecule has 20 heavy (non-hydrogen) atoms. The highest BCUT2D eigenvalue weighted by atomic mass is 16.5. The summed E-state index contributed by atoms with van der Waals surface area (Å²) >= 11 is 0. The van der Waals surface area contributed by atoms with Crippen LogP contribution in [0.4, 0.5) is 0 Å². The first-order chi connectivity index (χ1) is 9.78.